The largest absolute Gasteiger partial charge is 0.496 e. The maximum atomic E-state index is 12.1. The molecule has 3 heteroatoms. The van der Waals surface area contributed by atoms with Gasteiger partial charge in [0.2, 0.25) is 0 Å². The van der Waals surface area contributed by atoms with Crippen molar-refractivity contribution in [3.8, 4) is 5.75 Å². The van der Waals surface area contributed by atoms with Gasteiger partial charge in [-0.25, -0.2) is 0 Å². The van der Waals surface area contributed by atoms with Crippen LogP contribution in [0.5, 0.6) is 5.75 Å². The Hall–Kier alpha value is -1.35. The Balaban J connectivity index is 2.05. The summed E-state index contributed by atoms with van der Waals surface area (Å²) in [5.74, 6) is 1.04. The third-order valence-corrected chi connectivity index (χ3v) is 3.28. The highest BCUT2D eigenvalue weighted by Gasteiger charge is 2.16. The van der Waals surface area contributed by atoms with Crippen LogP contribution >= 0.6 is 0 Å². The number of rotatable bonds is 4. The number of nitrogens with zero attached hydrogens (tertiary/aromatic N) is 1. The normalized spacial score (nSPS) is 16.1. The summed E-state index contributed by atoms with van der Waals surface area (Å²) in [5, 5.41) is 0. The van der Waals surface area contributed by atoms with Crippen LogP contribution in [-0.4, -0.2) is 37.4 Å². The molecule has 1 aliphatic rings. The van der Waals surface area contributed by atoms with Crippen LogP contribution in [0.2, 0.25) is 0 Å². The Kier molecular flexibility index (Phi) is 3.79. The molecule has 0 aromatic heterocycles. The van der Waals surface area contributed by atoms with Crippen molar-refractivity contribution in [2.45, 2.75) is 19.8 Å². The summed E-state index contributed by atoms with van der Waals surface area (Å²) in [6.07, 6.45) is 2.43. The number of hydrogen-bond donors (Lipinski definition) is 0. The maximum absolute atomic E-state index is 12.1. The summed E-state index contributed by atoms with van der Waals surface area (Å²) in [6, 6.07) is 5.63. The van der Waals surface area contributed by atoms with E-state index in [9.17, 15) is 4.79 Å². The zero-order valence-electron chi connectivity index (χ0n) is 10.5. The number of aryl methyl sites for hydroxylation is 1. The van der Waals surface area contributed by atoms with Crippen LogP contribution in [0.25, 0.3) is 0 Å². The van der Waals surface area contributed by atoms with Crippen LogP contribution in [0.15, 0.2) is 18.2 Å². The van der Waals surface area contributed by atoms with Crippen molar-refractivity contribution < 1.29 is 9.53 Å². The predicted octanol–water partition coefficient (Wildman–Crippen LogP) is 2.28. The van der Waals surface area contributed by atoms with Gasteiger partial charge in [-0.2, -0.15) is 0 Å². The molecule has 0 aliphatic carbocycles. The number of carbonyl (C=O) groups is 1. The van der Waals surface area contributed by atoms with Gasteiger partial charge in [0.05, 0.1) is 13.7 Å². The van der Waals surface area contributed by atoms with E-state index in [0.717, 1.165) is 30.0 Å². The minimum absolute atomic E-state index is 0.206. The van der Waals surface area contributed by atoms with Crippen molar-refractivity contribution in [1.29, 1.82) is 0 Å². The van der Waals surface area contributed by atoms with E-state index in [4.69, 9.17) is 4.74 Å². The number of likely N-dealkylation sites (tertiary alicyclic amines) is 1. The van der Waals surface area contributed by atoms with Crippen LogP contribution in [0.4, 0.5) is 0 Å². The lowest BCUT2D eigenvalue weighted by molar-refractivity contribution is 0.0945. The summed E-state index contributed by atoms with van der Waals surface area (Å²) in [4.78, 5) is 14.3. The van der Waals surface area contributed by atoms with Gasteiger partial charge in [0, 0.05) is 5.56 Å². The lowest BCUT2D eigenvalue weighted by Crippen LogP contribution is -2.26. The molecule has 1 fully saturated rings. The molecule has 2 rings (SSSR count). The number of methoxy groups -OCH3 is 1. The Labute approximate surface area is 102 Å². The Morgan fingerprint density at radius 2 is 2.06 bits per heavy atom. The molecule has 0 saturated carbocycles. The summed E-state index contributed by atoms with van der Waals surface area (Å²) >= 11 is 0. The van der Waals surface area contributed by atoms with Gasteiger partial charge in [-0.1, -0.05) is 0 Å². The van der Waals surface area contributed by atoms with Gasteiger partial charge in [0.25, 0.3) is 0 Å². The van der Waals surface area contributed by atoms with Crippen molar-refractivity contribution in [1.82, 2.24) is 4.90 Å². The van der Waals surface area contributed by atoms with Crippen LogP contribution in [0.1, 0.15) is 28.8 Å². The fourth-order valence-electron chi connectivity index (χ4n) is 2.29. The SMILES string of the molecule is COc1ccc(C(=O)CN2CCCC2)cc1C. The summed E-state index contributed by atoms with van der Waals surface area (Å²) in [6.45, 7) is 4.62. The first-order valence-corrected chi connectivity index (χ1v) is 6.11. The zero-order valence-corrected chi connectivity index (χ0v) is 10.5. The molecule has 0 radical (unpaired) electrons. The van der Waals surface area contributed by atoms with Crippen LogP contribution in [-0.2, 0) is 0 Å². The first kappa shape index (κ1) is 12.1. The molecule has 1 aromatic carbocycles. The number of ether oxygens (including phenoxy) is 1. The third kappa shape index (κ3) is 2.86. The smallest absolute Gasteiger partial charge is 0.176 e. The highest BCUT2D eigenvalue weighted by Crippen LogP contribution is 2.19. The Morgan fingerprint density at radius 1 is 1.35 bits per heavy atom. The molecule has 3 nitrogen and oxygen atoms in total. The molecule has 0 amide bonds. The number of carbonyl (C=O) groups excluding carboxylic acids is 1. The van der Waals surface area contributed by atoms with E-state index in [2.05, 4.69) is 4.90 Å². The molecule has 1 heterocycles. The van der Waals surface area contributed by atoms with Crippen molar-refractivity contribution >= 4 is 5.78 Å². The van der Waals surface area contributed by atoms with E-state index in [-0.39, 0.29) is 5.78 Å². The second-order valence-corrected chi connectivity index (χ2v) is 4.59. The first-order chi connectivity index (χ1) is 8.20. The molecule has 0 N–H and O–H groups in total. The van der Waals surface area contributed by atoms with E-state index in [1.165, 1.54) is 12.8 Å². The maximum Gasteiger partial charge on any atom is 0.176 e. The standard InChI is InChI=1S/C14H19NO2/c1-11-9-12(5-6-14(11)17-2)13(16)10-15-7-3-4-8-15/h5-6,9H,3-4,7-8,10H2,1-2H3. The number of benzene rings is 1. The van der Waals surface area contributed by atoms with Crippen molar-refractivity contribution in [2.75, 3.05) is 26.7 Å². The van der Waals surface area contributed by atoms with Gasteiger partial charge in [-0.3, -0.25) is 9.69 Å². The highest BCUT2D eigenvalue weighted by molar-refractivity contribution is 5.98. The second-order valence-electron chi connectivity index (χ2n) is 4.59. The van der Waals surface area contributed by atoms with Crippen LogP contribution < -0.4 is 4.74 Å². The Bertz CT molecular complexity index is 409. The quantitative estimate of drug-likeness (QED) is 0.747. The van der Waals surface area contributed by atoms with Gasteiger partial charge in [0.1, 0.15) is 5.75 Å². The van der Waals surface area contributed by atoms with Gasteiger partial charge in [-0.15, -0.1) is 0 Å². The minimum atomic E-state index is 0.206. The van der Waals surface area contributed by atoms with E-state index in [1.54, 1.807) is 7.11 Å². The molecule has 1 aromatic rings. The fraction of sp³-hybridized carbons (Fsp3) is 0.500. The number of ketones is 1. The third-order valence-electron chi connectivity index (χ3n) is 3.28. The van der Waals surface area contributed by atoms with E-state index in [1.807, 2.05) is 25.1 Å². The molecule has 1 saturated heterocycles. The van der Waals surface area contributed by atoms with Crippen molar-refractivity contribution in [3.63, 3.8) is 0 Å². The molecule has 0 spiro atoms. The molecule has 0 unspecified atom stereocenters. The van der Waals surface area contributed by atoms with Gasteiger partial charge in [0.15, 0.2) is 5.78 Å². The first-order valence-electron chi connectivity index (χ1n) is 6.11. The number of Topliss-reactive ketones (excluding diaryl/α,β-unsaturated/α-hetero) is 1. The van der Waals surface area contributed by atoms with Crippen molar-refractivity contribution in [2.24, 2.45) is 0 Å². The summed E-state index contributed by atoms with van der Waals surface area (Å²) < 4.78 is 5.19. The van der Waals surface area contributed by atoms with Gasteiger partial charge in [-0.05, 0) is 56.6 Å². The molecular weight excluding hydrogens is 214 g/mol. The second kappa shape index (κ2) is 5.32. The van der Waals surface area contributed by atoms with E-state index < -0.39 is 0 Å². The monoisotopic (exact) mass is 233 g/mol. The zero-order chi connectivity index (χ0) is 12.3. The molecule has 1 aliphatic heterocycles. The van der Waals surface area contributed by atoms with Crippen LogP contribution in [0, 0.1) is 6.92 Å². The van der Waals surface area contributed by atoms with E-state index in [0.29, 0.717) is 6.54 Å². The minimum Gasteiger partial charge on any atom is -0.496 e. The molecule has 0 bridgehead atoms. The predicted molar refractivity (Wildman–Crippen MR) is 67.7 cm³/mol. The summed E-state index contributed by atoms with van der Waals surface area (Å²) in [7, 11) is 1.65. The number of hydrogen-bond acceptors (Lipinski definition) is 3. The highest BCUT2D eigenvalue weighted by atomic mass is 16.5. The summed E-state index contributed by atoms with van der Waals surface area (Å²) in [5.41, 5.74) is 1.80. The van der Waals surface area contributed by atoms with Gasteiger partial charge < -0.3 is 4.74 Å². The topological polar surface area (TPSA) is 29.5 Å². The lowest BCUT2D eigenvalue weighted by Gasteiger charge is -2.14. The fourth-order valence-corrected chi connectivity index (χ4v) is 2.29. The lowest BCUT2D eigenvalue weighted by atomic mass is 10.1. The molecule has 17 heavy (non-hydrogen) atoms. The van der Waals surface area contributed by atoms with Gasteiger partial charge >= 0.3 is 0 Å². The Morgan fingerprint density at radius 3 is 2.65 bits per heavy atom. The van der Waals surface area contributed by atoms with Crippen molar-refractivity contribution in [3.05, 3.63) is 29.3 Å². The molecule has 0 atom stereocenters. The average Bonchev–Trinajstić information content (AvgIpc) is 2.81. The average molecular weight is 233 g/mol. The van der Waals surface area contributed by atoms with Crippen LogP contribution in [0.3, 0.4) is 0 Å². The molecular formula is C14H19NO2. The molecule has 92 valence electrons. The van der Waals surface area contributed by atoms with E-state index >= 15 is 0 Å².